The predicted octanol–water partition coefficient (Wildman–Crippen LogP) is 8.97. The molecule has 0 spiro atoms. The second-order valence-electron chi connectivity index (χ2n) is 22.0. The standard InChI is InChI=1S/C22H25NO5.C14H22N2O4.C12H21NO4.C9H11NO4.C7H15NO3.C5H11N.C2H2BrN/c1-3-12-27-14-20(21(24)25)23(2)22(26)28-13-19-17-10-6-4-8-15(17)16-9-5-7-11-18(16)19;1-4-6-7-13(17)16(3)12(11-19-9-5-2)14(18)20-10-8-15;1-4-6-7-11(14)13(3)10(12(15)16)9-17-8-5-2;1-2-3-4-9(13)14-10-7(11)5-6-8(10)12;1-3-4-11-5-6(8-2)7(9)10;1-2-4-6-5-3-1;1-4-2-3/h4-11,19-20H,3,12-14H2,1-2H3,(H,24,25);4,12H,1,5-7,9-11H2,2-3H3;4,10H,1,5-9H2,2-3H3,(H,15,16);2H,1,3-6H2;6,8H,3-5H2,1-2H3,(H,9,10);6H,1-5H2;2H2/t20-;12-;10-;;6-;;/m000.0../s1. The summed E-state index contributed by atoms with van der Waals surface area (Å²) in [6, 6.07) is 14.4. The normalized spacial score (nSPS) is 13.3. The molecule has 2 aromatic rings. The number of hydrogen-bond acceptors (Lipinski definition) is 20. The number of hydroxylamine groups is 2. The van der Waals surface area contributed by atoms with E-state index in [1.807, 2.05) is 64.1 Å². The second kappa shape index (κ2) is 59.4. The number of esters is 1. The molecule has 5 amide bonds. The Kier molecular flexibility index (Phi) is 55.7. The van der Waals surface area contributed by atoms with Crippen LogP contribution in [0.5, 0.6) is 0 Å². The number of nitriles is 1. The number of rotatable bonds is 37. The van der Waals surface area contributed by atoms with E-state index < -0.39 is 71.9 Å². The van der Waals surface area contributed by atoms with Crippen LogP contribution >= 0.6 is 15.9 Å². The van der Waals surface area contributed by atoms with Crippen molar-refractivity contribution in [3.8, 4) is 17.2 Å². The van der Waals surface area contributed by atoms with Gasteiger partial charge >= 0.3 is 35.9 Å². The number of amides is 5. The van der Waals surface area contributed by atoms with Crippen LogP contribution in [0.3, 0.4) is 0 Å². The van der Waals surface area contributed by atoms with Gasteiger partial charge in [-0.2, -0.15) is 5.26 Å². The van der Waals surface area contributed by atoms with E-state index >= 15 is 0 Å². The maximum absolute atomic E-state index is 12.5. The van der Waals surface area contributed by atoms with Crippen molar-refractivity contribution in [2.45, 2.75) is 154 Å². The minimum atomic E-state index is -1.12. The van der Waals surface area contributed by atoms with E-state index in [1.165, 1.54) is 63.3 Å². The van der Waals surface area contributed by atoms with E-state index in [1.54, 1.807) is 31.3 Å². The molecule has 1 aliphatic carbocycles. The monoisotopic (exact) mass is 1470 g/mol. The highest BCUT2D eigenvalue weighted by Gasteiger charge is 2.34. The van der Waals surface area contributed by atoms with E-state index in [-0.39, 0.29) is 89.5 Å². The fourth-order valence-corrected chi connectivity index (χ4v) is 8.68. The number of piperidine rings is 1. The molecular weight excluding hydrogens is 1360 g/mol. The molecule has 2 heterocycles. The summed E-state index contributed by atoms with van der Waals surface area (Å²) in [5.74, 6) is -5.63. The molecule has 0 saturated carbocycles. The summed E-state index contributed by atoms with van der Waals surface area (Å²) in [6.45, 7) is 29.0. The number of aliphatic carboxylic acids is 3. The maximum Gasteiger partial charge on any atom is 0.410 e. The molecule has 0 aromatic heterocycles. The Balaban J connectivity index is 0. The molecule has 5 rings (SSSR count). The molecule has 2 fully saturated rings. The zero-order valence-electron chi connectivity index (χ0n) is 59.5. The molecule has 0 bridgehead atoms. The number of nitrogens with zero attached hydrogens (tertiary/aromatic N) is 6. The van der Waals surface area contributed by atoms with Gasteiger partial charge in [-0.3, -0.25) is 28.9 Å². The third-order valence-corrected chi connectivity index (χ3v) is 14.5. The number of alkyl halides is 1. The number of allylic oxidation sites excluding steroid dienone is 3. The Bertz CT molecular complexity index is 2790. The number of likely N-dealkylation sites (N-methyl/N-ethyl adjacent to an activating group) is 4. The van der Waals surface area contributed by atoms with Crippen molar-refractivity contribution in [1.82, 2.24) is 30.4 Å². The Morgan fingerprint density at radius 2 is 1.07 bits per heavy atom. The number of imide groups is 1. The van der Waals surface area contributed by atoms with Crippen molar-refractivity contribution < 1.29 is 96.5 Å². The summed E-state index contributed by atoms with van der Waals surface area (Å²) < 4.78 is 31.2. The predicted molar refractivity (Wildman–Crippen MR) is 379 cm³/mol. The van der Waals surface area contributed by atoms with Gasteiger partial charge in [-0.25, -0.2) is 30.5 Å². The van der Waals surface area contributed by atoms with Gasteiger partial charge in [0, 0.05) is 95.1 Å². The lowest BCUT2D eigenvalue weighted by Crippen LogP contribution is -2.46. The first-order valence-corrected chi connectivity index (χ1v) is 34.4. The molecular formula is C71H107BrN8O20. The Hall–Kier alpha value is -8.42. The summed E-state index contributed by atoms with van der Waals surface area (Å²) in [4.78, 5) is 125. The van der Waals surface area contributed by atoms with Crippen LogP contribution in [0.25, 0.3) is 16.0 Å². The molecule has 0 radical (unpaired) electrons. The number of hydrogen-bond donors (Lipinski definition) is 5. The number of nitrogens with one attached hydrogen (secondary N) is 2. The van der Waals surface area contributed by atoms with Crippen LogP contribution in [0.4, 0.5) is 4.79 Å². The van der Waals surface area contributed by atoms with Crippen molar-refractivity contribution in [3.05, 3.63) is 109 Å². The molecule has 4 atom stereocenters. The molecule has 3 aliphatic rings. The second-order valence-corrected chi connectivity index (χ2v) is 22.5. The summed E-state index contributed by atoms with van der Waals surface area (Å²) in [7, 11) is 6.04. The Labute approximate surface area is 598 Å². The number of carboxylic acids is 3. The molecule has 558 valence electrons. The van der Waals surface area contributed by atoms with Crippen molar-refractivity contribution in [3.63, 3.8) is 0 Å². The van der Waals surface area contributed by atoms with E-state index in [9.17, 15) is 53.1 Å². The summed E-state index contributed by atoms with van der Waals surface area (Å²) in [5.41, 5.74) is 4.93. The molecule has 100 heavy (non-hydrogen) atoms. The third-order valence-electron chi connectivity index (χ3n) is 14.2. The van der Waals surface area contributed by atoms with Crippen LogP contribution in [0.15, 0.2) is 86.5 Å². The number of halogens is 1. The van der Waals surface area contributed by atoms with Gasteiger partial charge in [0.2, 0.25) is 11.8 Å². The third kappa shape index (κ3) is 40.0. The van der Waals surface area contributed by atoms with Crippen molar-refractivity contribution in [2.75, 3.05) is 113 Å². The quantitative estimate of drug-likeness (QED) is 0.00801. The topological polar surface area (TPSA) is 361 Å². The number of carboxylic acid groups (broad SMARTS) is 3. The fourth-order valence-electron chi connectivity index (χ4n) is 8.68. The van der Waals surface area contributed by atoms with Gasteiger partial charge in [-0.15, -0.1) is 24.8 Å². The minimum Gasteiger partial charge on any atom is -0.480 e. The smallest absolute Gasteiger partial charge is 0.410 e. The van der Waals surface area contributed by atoms with Crippen LogP contribution < -0.4 is 10.6 Å². The van der Waals surface area contributed by atoms with Gasteiger partial charge in [0.25, 0.3) is 17.3 Å². The number of carbonyl (C=O) groups is 10. The molecule has 28 nitrogen and oxygen atoms in total. The fraction of sp³-hybridized carbons (Fsp3) is 0.577. The highest BCUT2D eigenvalue weighted by Crippen LogP contribution is 2.44. The van der Waals surface area contributed by atoms with Crippen molar-refractivity contribution >= 4 is 75.5 Å². The van der Waals surface area contributed by atoms with Gasteiger partial charge in [-0.05, 0) is 100 Å². The van der Waals surface area contributed by atoms with Crippen LogP contribution in [-0.2, 0) is 76.4 Å². The lowest BCUT2D eigenvalue weighted by Gasteiger charge is -2.26. The average molecular weight is 1470 g/mol. The highest BCUT2D eigenvalue weighted by molar-refractivity contribution is 9.09. The molecule has 2 aromatic carbocycles. The first-order valence-electron chi connectivity index (χ1n) is 33.2. The lowest BCUT2D eigenvalue weighted by molar-refractivity contribution is -0.197. The summed E-state index contributed by atoms with van der Waals surface area (Å²) in [5, 5.41) is 41.8. The Morgan fingerprint density at radius 3 is 1.44 bits per heavy atom. The van der Waals surface area contributed by atoms with Gasteiger partial charge in [0.1, 0.15) is 18.7 Å². The van der Waals surface area contributed by atoms with E-state index in [4.69, 9.17) is 50.5 Å². The SMILES string of the molecule is C1CCNCC1.C=CCCC(=O)N(C)[C@@H](COCCC)C(=O)O.C=CCCC(=O)N(C)[C@@H](COCCC)C(=O)OCC#N.C=CCCC(=O)ON1C(=O)CCC1=O.CCCOC[C@@H](C(=O)O)N(C)C(=O)OCC1c2ccccc2-c2ccccc21.CCCOC[C@H](NC)C(=O)O.[C-]#[N+]CBr. The van der Waals surface area contributed by atoms with Gasteiger partial charge < -0.3 is 73.9 Å². The summed E-state index contributed by atoms with van der Waals surface area (Å²) >= 11 is 2.89. The molecule has 29 heteroatoms. The van der Waals surface area contributed by atoms with Gasteiger partial charge in [0.05, 0.1) is 32.8 Å². The van der Waals surface area contributed by atoms with E-state index in [0.717, 1.165) is 52.8 Å². The van der Waals surface area contributed by atoms with Gasteiger partial charge in [0.15, 0.2) is 24.7 Å². The molecule has 0 unspecified atom stereocenters. The van der Waals surface area contributed by atoms with Crippen LogP contribution in [0, 0.1) is 17.9 Å². The lowest BCUT2D eigenvalue weighted by atomic mass is 9.98. The molecule has 2 aliphatic heterocycles. The zero-order valence-corrected chi connectivity index (χ0v) is 61.1. The van der Waals surface area contributed by atoms with E-state index in [0.29, 0.717) is 56.2 Å². The zero-order chi connectivity index (χ0) is 75.6. The van der Waals surface area contributed by atoms with Gasteiger partial charge in [-0.1, -0.05) is 101 Å². The average Bonchev–Trinajstić information content (AvgIpc) is 1.62. The van der Waals surface area contributed by atoms with Crippen molar-refractivity contribution in [2.24, 2.45) is 0 Å². The van der Waals surface area contributed by atoms with Crippen molar-refractivity contribution in [1.29, 1.82) is 5.26 Å². The first-order chi connectivity index (χ1) is 47.9. The number of ether oxygens (including phenoxy) is 6. The molecule has 5 N–H and O–H groups in total. The van der Waals surface area contributed by atoms with Crippen LogP contribution in [0.1, 0.15) is 141 Å². The Morgan fingerprint density at radius 1 is 0.660 bits per heavy atom. The first kappa shape index (κ1) is 93.6. The number of benzene rings is 2. The maximum atomic E-state index is 12.5. The number of fused-ring (bicyclic) bond motifs is 3. The van der Waals surface area contributed by atoms with Crippen LogP contribution in [0.2, 0.25) is 0 Å². The molecule has 2 saturated heterocycles. The number of carbonyl (C=O) groups excluding carboxylic acids is 7. The van der Waals surface area contributed by atoms with E-state index in [2.05, 4.69) is 68.1 Å². The minimum absolute atomic E-state index is 0.0273. The largest absolute Gasteiger partial charge is 0.480 e. The highest BCUT2D eigenvalue weighted by atomic mass is 79.9. The summed E-state index contributed by atoms with van der Waals surface area (Å²) in [6.07, 6.45) is 14.2. The van der Waals surface area contributed by atoms with Crippen LogP contribution in [-0.4, -0.2) is 232 Å².